The smallest absolute Gasteiger partial charge is 0.293 e. The van der Waals surface area contributed by atoms with Gasteiger partial charge >= 0.3 is 0 Å². The number of H-pyrrole nitrogens is 1. The van der Waals surface area contributed by atoms with Crippen LogP contribution in [-0.4, -0.2) is 25.7 Å². The molecule has 2 rings (SSSR count). The molecule has 0 saturated heterocycles. The molecule has 0 aliphatic rings. The second-order valence-corrected chi connectivity index (χ2v) is 3.33. The van der Waals surface area contributed by atoms with Gasteiger partial charge in [-0.1, -0.05) is 0 Å². The average Bonchev–Trinajstić information content (AvgIpc) is 2.85. The highest BCUT2D eigenvalue weighted by Crippen LogP contribution is 2.04. The Hall–Kier alpha value is -2.44. The van der Waals surface area contributed by atoms with Gasteiger partial charge < -0.3 is 9.88 Å². The molecule has 0 spiro atoms. The first kappa shape index (κ1) is 11.1. The number of aromatic amines is 1. The number of anilines is 1. The molecule has 2 heterocycles. The summed E-state index contributed by atoms with van der Waals surface area (Å²) in [4.78, 5) is 26.7. The minimum absolute atomic E-state index is 0.106. The second kappa shape index (κ2) is 4.60. The zero-order valence-corrected chi connectivity index (χ0v) is 9.17. The Balaban J connectivity index is 2.19. The SMILES string of the molecule is CCn1cc(NC(=O)c2ncn[nH]2)ccc1=O. The average molecular weight is 233 g/mol. The molecular formula is C10H11N5O2. The van der Waals surface area contributed by atoms with E-state index in [4.69, 9.17) is 0 Å². The molecule has 0 aromatic carbocycles. The van der Waals surface area contributed by atoms with Gasteiger partial charge in [-0.05, 0) is 13.0 Å². The fourth-order valence-corrected chi connectivity index (χ4v) is 1.36. The maximum absolute atomic E-state index is 11.6. The molecule has 7 nitrogen and oxygen atoms in total. The highest BCUT2D eigenvalue weighted by Gasteiger charge is 2.09. The molecular weight excluding hydrogens is 222 g/mol. The lowest BCUT2D eigenvalue weighted by molar-refractivity contribution is 0.101. The van der Waals surface area contributed by atoms with Crippen molar-refractivity contribution in [2.75, 3.05) is 5.32 Å². The molecule has 0 aliphatic heterocycles. The summed E-state index contributed by atoms with van der Waals surface area (Å²) in [5.41, 5.74) is 0.429. The van der Waals surface area contributed by atoms with Crippen molar-refractivity contribution < 1.29 is 4.79 Å². The van der Waals surface area contributed by atoms with Crippen molar-refractivity contribution in [1.29, 1.82) is 0 Å². The lowest BCUT2D eigenvalue weighted by Gasteiger charge is -2.06. The minimum atomic E-state index is -0.399. The summed E-state index contributed by atoms with van der Waals surface area (Å²) < 4.78 is 1.50. The molecule has 17 heavy (non-hydrogen) atoms. The number of hydrogen-bond acceptors (Lipinski definition) is 4. The van der Waals surface area contributed by atoms with E-state index in [0.717, 1.165) is 0 Å². The Kier molecular flexibility index (Phi) is 2.99. The molecule has 0 radical (unpaired) electrons. The fourth-order valence-electron chi connectivity index (χ4n) is 1.36. The van der Waals surface area contributed by atoms with Crippen molar-refractivity contribution in [2.24, 2.45) is 0 Å². The van der Waals surface area contributed by atoms with Crippen LogP contribution in [0.5, 0.6) is 0 Å². The Morgan fingerprint density at radius 2 is 2.35 bits per heavy atom. The van der Waals surface area contributed by atoms with Gasteiger partial charge in [0.15, 0.2) is 0 Å². The molecule has 0 aliphatic carbocycles. The molecule has 0 saturated carbocycles. The van der Waals surface area contributed by atoms with Crippen molar-refractivity contribution in [3.05, 3.63) is 40.8 Å². The summed E-state index contributed by atoms with van der Waals surface area (Å²) >= 11 is 0. The van der Waals surface area contributed by atoms with E-state index < -0.39 is 5.91 Å². The van der Waals surface area contributed by atoms with E-state index in [1.54, 1.807) is 12.3 Å². The number of hydrogen-bond donors (Lipinski definition) is 2. The van der Waals surface area contributed by atoms with Crippen LogP contribution in [0.4, 0.5) is 5.69 Å². The molecule has 2 aromatic rings. The lowest BCUT2D eigenvalue weighted by Crippen LogP contribution is -2.20. The molecule has 0 unspecified atom stereocenters. The van der Waals surface area contributed by atoms with Crippen molar-refractivity contribution in [3.63, 3.8) is 0 Å². The first-order valence-corrected chi connectivity index (χ1v) is 5.08. The fraction of sp³-hybridized carbons (Fsp3) is 0.200. The van der Waals surface area contributed by atoms with E-state index >= 15 is 0 Å². The van der Waals surface area contributed by atoms with Crippen molar-refractivity contribution in [1.82, 2.24) is 19.7 Å². The molecule has 2 N–H and O–H groups in total. The van der Waals surface area contributed by atoms with Crippen molar-refractivity contribution in [3.8, 4) is 0 Å². The number of aryl methyl sites for hydroxylation is 1. The van der Waals surface area contributed by atoms with Gasteiger partial charge in [0, 0.05) is 18.8 Å². The van der Waals surface area contributed by atoms with Crippen LogP contribution in [0, 0.1) is 0 Å². The number of rotatable bonds is 3. The highest BCUT2D eigenvalue weighted by molar-refractivity contribution is 6.01. The largest absolute Gasteiger partial charge is 0.318 e. The van der Waals surface area contributed by atoms with Gasteiger partial charge in [-0.25, -0.2) is 4.98 Å². The molecule has 1 amide bonds. The number of pyridine rings is 1. The Morgan fingerprint density at radius 3 is 3.00 bits per heavy atom. The van der Waals surface area contributed by atoms with E-state index in [2.05, 4.69) is 20.5 Å². The van der Waals surface area contributed by atoms with Crippen LogP contribution in [0.3, 0.4) is 0 Å². The predicted molar refractivity (Wildman–Crippen MR) is 60.7 cm³/mol. The number of nitrogens with one attached hydrogen (secondary N) is 2. The molecule has 0 fully saturated rings. The Labute approximate surface area is 96.5 Å². The lowest BCUT2D eigenvalue weighted by atomic mass is 10.4. The molecule has 88 valence electrons. The molecule has 0 atom stereocenters. The molecule has 0 bridgehead atoms. The van der Waals surface area contributed by atoms with Crippen LogP contribution in [0.15, 0.2) is 29.5 Å². The summed E-state index contributed by atoms with van der Waals surface area (Å²) in [5.74, 6) is -0.275. The summed E-state index contributed by atoms with van der Waals surface area (Å²) in [6, 6.07) is 2.95. The van der Waals surface area contributed by atoms with E-state index in [1.165, 1.54) is 17.0 Å². The van der Waals surface area contributed by atoms with Crippen molar-refractivity contribution in [2.45, 2.75) is 13.5 Å². The van der Waals surface area contributed by atoms with Gasteiger partial charge in [-0.15, -0.1) is 0 Å². The quantitative estimate of drug-likeness (QED) is 0.794. The number of aromatic nitrogens is 4. The van der Waals surface area contributed by atoms with Crippen LogP contribution >= 0.6 is 0 Å². The van der Waals surface area contributed by atoms with Crippen LogP contribution in [0.1, 0.15) is 17.5 Å². The van der Waals surface area contributed by atoms with Gasteiger partial charge in [0.2, 0.25) is 5.82 Å². The van der Waals surface area contributed by atoms with Gasteiger partial charge in [0.1, 0.15) is 6.33 Å². The topological polar surface area (TPSA) is 92.7 Å². The normalized spacial score (nSPS) is 10.2. The van der Waals surface area contributed by atoms with Crippen LogP contribution < -0.4 is 10.9 Å². The van der Waals surface area contributed by atoms with Crippen LogP contribution in [-0.2, 0) is 6.54 Å². The van der Waals surface area contributed by atoms with Crippen LogP contribution in [0.25, 0.3) is 0 Å². The van der Waals surface area contributed by atoms with Crippen LogP contribution in [0.2, 0.25) is 0 Å². The van der Waals surface area contributed by atoms with E-state index in [-0.39, 0.29) is 11.4 Å². The number of carbonyl (C=O) groups is 1. The first-order chi connectivity index (χ1) is 8.20. The third-order valence-electron chi connectivity index (χ3n) is 2.21. The zero-order valence-electron chi connectivity index (χ0n) is 9.17. The monoisotopic (exact) mass is 233 g/mol. The molecule has 2 aromatic heterocycles. The van der Waals surface area contributed by atoms with Gasteiger partial charge in [0.25, 0.3) is 11.5 Å². The first-order valence-electron chi connectivity index (χ1n) is 5.08. The highest BCUT2D eigenvalue weighted by atomic mass is 16.2. The van der Waals surface area contributed by atoms with E-state index in [1.807, 2.05) is 6.92 Å². The van der Waals surface area contributed by atoms with Gasteiger partial charge in [0.05, 0.1) is 5.69 Å². The minimum Gasteiger partial charge on any atom is -0.318 e. The summed E-state index contributed by atoms with van der Waals surface area (Å²) in [7, 11) is 0. The number of carbonyl (C=O) groups excluding carboxylic acids is 1. The molecule has 7 heteroatoms. The summed E-state index contributed by atoms with van der Waals surface area (Å²) in [6.45, 7) is 2.40. The maximum Gasteiger partial charge on any atom is 0.293 e. The maximum atomic E-state index is 11.6. The summed E-state index contributed by atoms with van der Waals surface area (Å²) in [5, 5.41) is 8.65. The Bertz CT molecular complexity index is 573. The standard InChI is InChI=1S/C10H11N5O2/c1-2-15-5-7(3-4-8(15)16)13-10(17)9-11-6-12-14-9/h3-6H,2H2,1H3,(H,13,17)(H,11,12,14). The Morgan fingerprint density at radius 1 is 1.53 bits per heavy atom. The predicted octanol–water partition coefficient (Wildman–Crippen LogP) is 0.239. The van der Waals surface area contributed by atoms with Crippen molar-refractivity contribution >= 4 is 11.6 Å². The summed E-state index contributed by atoms with van der Waals surface area (Å²) in [6.07, 6.45) is 2.83. The number of nitrogens with zero attached hydrogens (tertiary/aromatic N) is 3. The van der Waals surface area contributed by atoms with E-state index in [9.17, 15) is 9.59 Å². The number of amides is 1. The van der Waals surface area contributed by atoms with E-state index in [0.29, 0.717) is 12.2 Å². The van der Waals surface area contributed by atoms with Gasteiger partial charge in [-0.3, -0.25) is 14.7 Å². The zero-order chi connectivity index (χ0) is 12.3. The second-order valence-electron chi connectivity index (χ2n) is 3.33. The third-order valence-corrected chi connectivity index (χ3v) is 2.21. The third kappa shape index (κ3) is 2.39. The van der Waals surface area contributed by atoms with Gasteiger partial charge in [-0.2, -0.15) is 5.10 Å².